The molecule has 0 aromatic heterocycles. The first-order valence-corrected chi connectivity index (χ1v) is 21.5. The van der Waals surface area contributed by atoms with E-state index < -0.39 is 29.7 Å². The van der Waals surface area contributed by atoms with Gasteiger partial charge in [-0.15, -0.1) is 0 Å². The van der Waals surface area contributed by atoms with Crippen molar-refractivity contribution >= 4 is 35.2 Å². The number of nitriles is 1. The summed E-state index contributed by atoms with van der Waals surface area (Å²) in [5.41, 5.74) is 4.05. The van der Waals surface area contributed by atoms with Gasteiger partial charge in [-0.2, -0.15) is 5.26 Å². The number of imide groups is 2. The SMILES string of the molecule is Cc1cc(OC2C(C)(C)C(NC(=O)c3ccc(N4CCC(CN(C)C5CC(Oc6ccc7c(c6)C(=O)N([C@@H]6CCC(=O)NC6=O)C7=O)C5)CC4)cc3)C2(C)C)cc(C)c1C#N. The van der Waals surface area contributed by atoms with Crippen molar-refractivity contribution in [1.29, 1.82) is 5.26 Å². The number of fused-ring (bicyclic) bond motifs is 1. The van der Waals surface area contributed by atoms with Crippen LogP contribution < -0.4 is 25.0 Å². The van der Waals surface area contributed by atoms with E-state index in [1.165, 1.54) is 0 Å². The van der Waals surface area contributed by atoms with Gasteiger partial charge in [0.1, 0.15) is 29.7 Å². The molecule has 0 radical (unpaired) electrons. The molecule has 8 rings (SSSR count). The van der Waals surface area contributed by atoms with E-state index in [0.29, 0.717) is 28.8 Å². The third-order valence-corrected chi connectivity index (χ3v) is 14.0. The summed E-state index contributed by atoms with van der Waals surface area (Å²) in [4.78, 5) is 69.6. The number of nitrogens with zero attached hydrogens (tertiary/aromatic N) is 4. The number of nitrogens with one attached hydrogen (secondary N) is 2. The van der Waals surface area contributed by atoms with E-state index in [1.54, 1.807) is 18.2 Å². The third kappa shape index (κ3) is 7.75. The lowest BCUT2D eigenvalue weighted by atomic mass is 9.49. The summed E-state index contributed by atoms with van der Waals surface area (Å²) in [7, 11) is 2.18. The van der Waals surface area contributed by atoms with Crippen molar-refractivity contribution in [2.24, 2.45) is 16.7 Å². The zero-order chi connectivity index (χ0) is 43.5. The zero-order valence-corrected chi connectivity index (χ0v) is 36.2. The van der Waals surface area contributed by atoms with Gasteiger partial charge in [-0.25, -0.2) is 0 Å². The molecule has 3 aromatic rings. The minimum absolute atomic E-state index is 0.00214. The predicted molar refractivity (Wildman–Crippen MR) is 228 cm³/mol. The van der Waals surface area contributed by atoms with Crippen LogP contribution in [-0.2, 0) is 9.59 Å². The molecule has 5 amide bonds. The van der Waals surface area contributed by atoms with E-state index in [0.717, 1.165) is 72.8 Å². The van der Waals surface area contributed by atoms with E-state index in [4.69, 9.17) is 9.47 Å². The number of carbonyl (C=O) groups is 5. The molecule has 5 aliphatic rings. The maximum absolute atomic E-state index is 13.6. The first kappa shape index (κ1) is 42.0. The molecule has 0 spiro atoms. The molecular weight excluding hydrogens is 773 g/mol. The predicted octanol–water partition coefficient (Wildman–Crippen LogP) is 5.95. The van der Waals surface area contributed by atoms with E-state index in [2.05, 4.69) is 73.4 Å². The summed E-state index contributed by atoms with van der Waals surface area (Å²) in [5.74, 6) is -0.349. The number of amides is 5. The number of ether oxygens (including phenoxy) is 2. The van der Waals surface area contributed by atoms with Crippen LogP contribution in [0.4, 0.5) is 5.69 Å². The molecule has 0 unspecified atom stereocenters. The van der Waals surface area contributed by atoms with Gasteiger partial charge in [0.25, 0.3) is 17.7 Å². The van der Waals surface area contributed by atoms with Gasteiger partial charge in [0.15, 0.2) is 0 Å². The fourth-order valence-corrected chi connectivity index (χ4v) is 10.8. The Kier molecular flexibility index (Phi) is 11.0. The molecule has 3 aliphatic heterocycles. The number of rotatable bonds is 11. The minimum Gasteiger partial charge on any atom is -0.490 e. The van der Waals surface area contributed by atoms with Crippen molar-refractivity contribution in [3.8, 4) is 17.6 Å². The van der Waals surface area contributed by atoms with Gasteiger partial charge in [-0.1, -0.05) is 27.7 Å². The Hall–Kier alpha value is -5.74. The number of piperidine rings is 2. The highest BCUT2D eigenvalue weighted by Crippen LogP contribution is 2.55. The smallest absolute Gasteiger partial charge is 0.262 e. The van der Waals surface area contributed by atoms with Gasteiger partial charge in [0, 0.05) is 73.1 Å². The quantitative estimate of drug-likeness (QED) is 0.221. The number of carbonyl (C=O) groups excluding carboxylic acids is 5. The molecule has 4 fully saturated rings. The van der Waals surface area contributed by atoms with Crippen LogP contribution in [0.2, 0.25) is 0 Å². The highest BCUT2D eigenvalue weighted by molar-refractivity contribution is 6.23. The van der Waals surface area contributed by atoms with Crippen LogP contribution in [0, 0.1) is 41.9 Å². The highest BCUT2D eigenvalue weighted by Gasteiger charge is 2.64. The van der Waals surface area contributed by atoms with Crippen molar-refractivity contribution in [3.05, 3.63) is 88.0 Å². The van der Waals surface area contributed by atoms with Crippen molar-refractivity contribution < 1.29 is 33.4 Å². The molecule has 3 aromatic carbocycles. The fourth-order valence-electron chi connectivity index (χ4n) is 10.8. The van der Waals surface area contributed by atoms with Gasteiger partial charge in [0.05, 0.1) is 22.8 Å². The van der Waals surface area contributed by atoms with E-state index in [-0.39, 0.29) is 59.0 Å². The molecule has 0 bridgehead atoms. The van der Waals surface area contributed by atoms with Gasteiger partial charge in [-0.3, -0.25) is 34.2 Å². The molecule has 320 valence electrons. The van der Waals surface area contributed by atoms with Crippen LogP contribution in [0.3, 0.4) is 0 Å². The molecule has 2 saturated heterocycles. The third-order valence-electron chi connectivity index (χ3n) is 14.0. The molecule has 3 heterocycles. The zero-order valence-electron chi connectivity index (χ0n) is 36.2. The Morgan fingerprint density at radius 3 is 2.13 bits per heavy atom. The fraction of sp³-hybridized carbons (Fsp3) is 0.500. The summed E-state index contributed by atoms with van der Waals surface area (Å²) in [5, 5.41) is 15.0. The van der Waals surface area contributed by atoms with Gasteiger partial charge in [0.2, 0.25) is 11.8 Å². The maximum atomic E-state index is 13.6. The van der Waals surface area contributed by atoms with Crippen molar-refractivity contribution in [1.82, 2.24) is 20.4 Å². The number of hydrogen-bond acceptors (Lipinski definition) is 10. The van der Waals surface area contributed by atoms with Crippen LogP contribution in [0.5, 0.6) is 11.5 Å². The van der Waals surface area contributed by atoms with Crippen LogP contribution in [0.15, 0.2) is 54.6 Å². The lowest BCUT2D eigenvalue weighted by molar-refractivity contribution is -0.164. The normalized spacial score (nSPS) is 25.6. The number of anilines is 1. The van der Waals surface area contributed by atoms with E-state index in [1.807, 2.05) is 38.1 Å². The summed E-state index contributed by atoms with van der Waals surface area (Å²) in [6.07, 6.45) is 3.95. The molecule has 13 heteroatoms. The number of hydrogen-bond donors (Lipinski definition) is 2. The molecule has 13 nitrogen and oxygen atoms in total. The average molecular weight is 829 g/mol. The monoisotopic (exact) mass is 828 g/mol. The topological polar surface area (TPSA) is 161 Å². The molecule has 2 N–H and O–H groups in total. The first-order chi connectivity index (χ1) is 29.0. The second-order valence-electron chi connectivity index (χ2n) is 19.0. The lowest BCUT2D eigenvalue weighted by Crippen LogP contribution is -2.74. The summed E-state index contributed by atoms with van der Waals surface area (Å²) >= 11 is 0. The minimum atomic E-state index is -0.997. The largest absolute Gasteiger partial charge is 0.490 e. The Morgan fingerprint density at radius 2 is 1.51 bits per heavy atom. The molecule has 2 saturated carbocycles. The maximum Gasteiger partial charge on any atom is 0.262 e. The summed E-state index contributed by atoms with van der Waals surface area (Å²) in [6, 6.07) is 18.3. The van der Waals surface area contributed by atoms with Gasteiger partial charge in [-0.05, 0) is 112 Å². The standard InChI is InChI=1S/C48H56N6O7/c1-27-20-34(21-28(2)38(27)25-49)61-46-47(3,4)45(48(46,5)6)51-41(56)30-8-10-31(11-9-30)53-18-16-29(17-19-53)26-52(7)32-22-35(23-32)60-33-12-13-36-37(24-33)44(59)54(43(36)58)39-14-15-40(55)50-42(39)57/h8-13,20-21,24,29,32,35,39,45-46H,14-19,22-23,26H2,1-7H3,(H,51,56)(H,50,55,57)/t32?,35?,39-,45?,46?/m1/s1. The summed E-state index contributed by atoms with van der Waals surface area (Å²) in [6.45, 7) is 15.3. The average Bonchev–Trinajstić information content (AvgIpc) is 3.44. The number of benzene rings is 3. The second kappa shape index (κ2) is 15.9. The Balaban J connectivity index is 0.773. The molecule has 61 heavy (non-hydrogen) atoms. The van der Waals surface area contributed by atoms with Crippen LogP contribution in [0.25, 0.3) is 0 Å². The van der Waals surface area contributed by atoms with Crippen molar-refractivity contribution in [3.63, 3.8) is 0 Å². The highest BCUT2D eigenvalue weighted by atomic mass is 16.5. The Labute approximate surface area is 357 Å². The van der Waals surface area contributed by atoms with Gasteiger partial charge >= 0.3 is 0 Å². The molecule has 1 atom stereocenters. The van der Waals surface area contributed by atoms with Crippen molar-refractivity contribution in [2.45, 2.75) is 110 Å². The molecular formula is C48H56N6O7. The summed E-state index contributed by atoms with van der Waals surface area (Å²) < 4.78 is 12.8. The van der Waals surface area contributed by atoms with Crippen LogP contribution in [0.1, 0.15) is 114 Å². The van der Waals surface area contributed by atoms with Crippen LogP contribution in [-0.4, -0.2) is 96.4 Å². The van der Waals surface area contributed by atoms with Gasteiger partial charge < -0.3 is 24.6 Å². The second-order valence-corrected chi connectivity index (χ2v) is 19.0. The Bertz CT molecular complexity index is 2280. The van der Waals surface area contributed by atoms with Crippen LogP contribution >= 0.6 is 0 Å². The number of aryl methyl sites for hydroxylation is 2. The van der Waals surface area contributed by atoms with E-state index >= 15 is 0 Å². The Morgan fingerprint density at radius 1 is 0.869 bits per heavy atom. The lowest BCUT2D eigenvalue weighted by Gasteiger charge is -2.63. The van der Waals surface area contributed by atoms with Crippen molar-refractivity contribution in [2.75, 3.05) is 31.6 Å². The molecule has 2 aliphatic carbocycles. The van der Waals surface area contributed by atoms with E-state index in [9.17, 15) is 29.2 Å². The first-order valence-electron chi connectivity index (χ1n) is 21.5.